The first-order chi connectivity index (χ1) is 14.4. The Morgan fingerprint density at radius 1 is 1.03 bits per heavy atom. The Bertz CT molecular complexity index is 754. The van der Waals surface area contributed by atoms with Crippen molar-refractivity contribution >= 4 is 0 Å². The van der Waals surface area contributed by atoms with Gasteiger partial charge in [-0.2, -0.15) is 0 Å². The number of allylic oxidation sites excluding steroid dienone is 4. The van der Waals surface area contributed by atoms with E-state index < -0.39 is 0 Å². The molecule has 3 fully saturated rings. The molecule has 31 heavy (non-hydrogen) atoms. The zero-order chi connectivity index (χ0) is 22.8. The van der Waals surface area contributed by atoms with Crippen LogP contribution in [0.15, 0.2) is 23.3 Å². The molecule has 1 N–H and O–H groups in total. The highest BCUT2D eigenvalue weighted by Gasteiger charge is 2.66. The van der Waals surface area contributed by atoms with E-state index in [4.69, 9.17) is 0 Å². The molecule has 4 aliphatic rings. The summed E-state index contributed by atoms with van der Waals surface area (Å²) in [4.78, 5) is 0. The highest BCUT2D eigenvalue weighted by Crippen LogP contribution is 2.74. The third-order valence-corrected chi connectivity index (χ3v) is 11.7. The van der Waals surface area contributed by atoms with Crippen molar-refractivity contribution in [2.75, 3.05) is 0 Å². The van der Waals surface area contributed by atoms with Gasteiger partial charge in [-0.25, -0.2) is 0 Å². The van der Waals surface area contributed by atoms with Crippen LogP contribution in [0.3, 0.4) is 0 Å². The lowest BCUT2D eigenvalue weighted by atomic mass is 9.37. The van der Waals surface area contributed by atoms with Gasteiger partial charge >= 0.3 is 0 Å². The summed E-state index contributed by atoms with van der Waals surface area (Å²) in [7, 11) is 0. The molecule has 0 spiro atoms. The zero-order valence-electron chi connectivity index (χ0n) is 21.9. The lowest BCUT2D eigenvalue weighted by Gasteiger charge is -2.68. The van der Waals surface area contributed by atoms with E-state index in [0.29, 0.717) is 22.2 Å². The lowest BCUT2D eigenvalue weighted by molar-refractivity contribution is -0.193. The maximum absolute atomic E-state index is 10.8. The van der Waals surface area contributed by atoms with Gasteiger partial charge in [0.25, 0.3) is 0 Å². The molecule has 1 nitrogen and oxygen atoms in total. The van der Waals surface area contributed by atoms with E-state index in [9.17, 15) is 5.11 Å². The summed E-state index contributed by atoms with van der Waals surface area (Å²) in [5, 5.41) is 10.8. The Hall–Kier alpha value is -0.560. The molecule has 0 radical (unpaired) electrons. The molecule has 0 aromatic heterocycles. The predicted octanol–water partition coefficient (Wildman–Crippen LogP) is 8.34. The molecular formula is C30H50O. The van der Waals surface area contributed by atoms with E-state index in [1.165, 1.54) is 56.9 Å². The number of hydrogen-bond acceptors (Lipinski definition) is 1. The fraction of sp³-hybridized carbons (Fsp3) is 0.867. The van der Waals surface area contributed by atoms with E-state index in [2.05, 4.69) is 67.5 Å². The second kappa shape index (κ2) is 7.75. The first kappa shape index (κ1) is 23.6. The molecule has 0 unspecified atom stereocenters. The van der Waals surface area contributed by atoms with Gasteiger partial charge in [0.15, 0.2) is 0 Å². The molecule has 0 aliphatic heterocycles. The van der Waals surface area contributed by atoms with E-state index in [-0.39, 0.29) is 11.5 Å². The lowest BCUT2D eigenvalue weighted by Crippen LogP contribution is -2.62. The molecule has 4 rings (SSSR count). The molecule has 0 aromatic carbocycles. The standard InChI is InChI=1S/C30H50O/c1-20(2)10-9-11-21(3)22-14-18-29(7)23(22)12-13-25-28(6)17-16-26(31)27(4,5)24(28)15-19-30(25,29)8/h10,12,21-22,24-26,31H,9,11,13-19H2,1-8H3/t21-,22-,24+,25+,26+,28+,29+,30+/m1/s1. The smallest absolute Gasteiger partial charge is 0.0594 e. The van der Waals surface area contributed by atoms with Gasteiger partial charge in [-0.3, -0.25) is 0 Å². The Balaban J connectivity index is 1.63. The van der Waals surface area contributed by atoms with Crippen LogP contribution in [0.5, 0.6) is 0 Å². The molecule has 0 heterocycles. The van der Waals surface area contributed by atoms with E-state index in [1.807, 2.05) is 5.57 Å². The molecule has 0 saturated heterocycles. The normalized spacial score (nSPS) is 46.9. The van der Waals surface area contributed by atoms with Crippen LogP contribution in [-0.2, 0) is 0 Å². The first-order valence-corrected chi connectivity index (χ1v) is 13.4. The third-order valence-electron chi connectivity index (χ3n) is 11.7. The minimum Gasteiger partial charge on any atom is -0.393 e. The van der Waals surface area contributed by atoms with Gasteiger partial charge in [0.05, 0.1) is 6.10 Å². The van der Waals surface area contributed by atoms with Crippen LogP contribution in [0.2, 0.25) is 0 Å². The summed E-state index contributed by atoms with van der Waals surface area (Å²) in [5.74, 6) is 3.00. The predicted molar refractivity (Wildman–Crippen MR) is 133 cm³/mol. The van der Waals surface area contributed by atoms with Crippen LogP contribution in [0.1, 0.15) is 113 Å². The van der Waals surface area contributed by atoms with Crippen LogP contribution >= 0.6 is 0 Å². The highest BCUT2D eigenvalue weighted by molar-refractivity contribution is 5.32. The van der Waals surface area contributed by atoms with Crippen LogP contribution in [-0.4, -0.2) is 11.2 Å². The summed E-state index contributed by atoms with van der Waals surface area (Å²) < 4.78 is 0. The maximum Gasteiger partial charge on any atom is 0.0594 e. The van der Waals surface area contributed by atoms with Gasteiger partial charge < -0.3 is 5.11 Å². The molecule has 8 atom stereocenters. The van der Waals surface area contributed by atoms with Crippen LogP contribution in [0.4, 0.5) is 0 Å². The van der Waals surface area contributed by atoms with Gasteiger partial charge in [-0.15, -0.1) is 0 Å². The number of rotatable bonds is 4. The monoisotopic (exact) mass is 426 g/mol. The van der Waals surface area contributed by atoms with Crippen molar-refractivity contribution < 1.29 is 5.11 Å². The average Bonchev–Trinajstić information content (AvgIpc) is 3.03. The van der Waals surface area contributed by atoms with E-state index >= 15 is 0 Å². The second-order valence-corrected chi connectivity index (χ2v) is 13.7. The van der Waals surface area contributed by atoms with Crippen molar-refractivity contribution in [3.63, 3.8) is 0 Å². The summed E-state index contributed by atoms with van der Waals surface area (Å²) >= 11 is 0. The van der Waals surface area contributed by atoms with Gasteiger partial charge in [0.2, 0.25) is 0 Å². The van der Waals surface area contributed by atoms with Crippen molar-refractivity contribution in [3.05, 3.63) is 23.3 Å². The summed E-state index contributed by atoms with van der Waals surface area (Å²) in [6.07, 6.45) is 16.5. The second-order valence-electron chi connectivity index (χ2n) is 13.7. The number of aliphatic hydroxyl groups excluding tert-OH is 1. The summed E-state index contributed by atoms with van der Waals surface area (Å²) in [6, 6.07) is 0. The van der Waals surface area contributed by atoms with Crippen LogP contribution in [0, 0.1) is 45.3 Å². The topological polar surface area (TPSA) is 20.2 Å². The minimum atomic E-state index is -0.127. The van der Waals surface area contributed by atoms with Crippen LogP contribution in [0.25, 0.3) is 0 Å². The molecule has 0 amide bonds. The largest absolute Gasteiger partial charge is 0.393 e. The number of fused-ring (bicyclic) bond motifs is 5. The Kier molecular flexibility index (Phi) is 5.90. The van der Waals surface area contributed by atoms with Gasteiger partial charge in [0, 0.05) is 0 Å². The SMILES string of the molecule is CC(C)=CCC[C@@H](C)[C@H]1CC[C@@]2(C)C1=CC[C@H]1[C@@]3(C)CC[C@H](O)C(C)(C)[C@@H]3CC[C@@]12C. The average molecular weight is 427 g/mol. The highest BCUT2D eigenvalue weighted by atomic mass is 16.3. The molecule has 4 aliphatic carbocycles. The maximum atomic E-state index is 10.8. The molecule has 0 aromatic rings. The fourth-order valence-electron chi connectivity index (χ4n) is 9.55. The Morgan fingerprint density at radius 2 is 1.74 bits per heavy atom. The molecular weight excluding hydrogens is 376 g/mol. The van der Waals surface area contributed by atoms with Crippen molar-refractivity contribution in [3.8, 4) is 0 Å². The van der Waals surface area contributed by atoms with E-state index in [0.717, 1.165) is 24.2 Å². The van der Waals surface area contributed by atoms with Crippen molar-refractivity contribution in [2.45, 2.75) is 119 Å². The number of hydrogen-bond donors (Lipinski definition) is 1. The van der Waals surface area contributed by atoms with Crippen molar-refractivity contribution in [1.29, 1.82) is 0 Å². The quantitative estimate of drug-likeness (QED) is 0.448. The molecule has 1 heteroatoms. The fourth-order valence-corrected chi connectivity index (χ4v) is 9.55. The van der Waals surface area contributed by atoms with Crippen molar-refractivity contribution in [2.24, 2.45) is 45.3 Å². The van der Waals surface area contributed by atoms with Gasteiger partial charge in [-0.1, -0.05) is 64.8 Å². The zero-order valence-corrected chi connectivity index (χ0v) is 21.9. The number of aliphatic hydroxyl groups is 1. The van der Waals surface area contributed by atoms with Crippen LogP contribution < -0.4 is 0 Å². The van der Waals surface area contributed by atoms with Gasteiger partial charge in [-0.05, 0) is 117 Å². The Labute approximate surface area is 193 Å². The van der Waals surface area contributed by atoms with Crippen molar-refractivity contribution in [1.82, 2.24) is 0 Å². The summed E-state index contributed by atoms with van der Waals surface area (Å²) in [6.45, 7) is 19.6. The first-order valence-electron chi connectivity index (χ1n) is 13.4. The minimum absolute atomic E-state index is 0.0525. The Morgan fingerprint density at radius 3 is 2.42 bits per heavy atom. The molecule has 0 bridgehead atoms. The third kappa shape index (κ3) is 3.34. The molecule has 3 saturated carbocycles. The van der Waals surface area contributed by atoms with E-state index in [1.54, 1.807) is 0 Å². The molecule has 176 valence electrons. The van der Waals surface area contributed by atoms with Gasteiger partial charge in [0.1, 0.15) is 0 Å². The summed E-state index contributed by atoms with van der Waals surface area (Å²) in [5.41, 5.74) is 4.51.